The summed E-state index contributed by atoms with van der Waals surface area (Å²) in [6.45, 7) is 1.45. The molecule has 2 unspecified atom stereocenters. The molecule has 0 aromatic heterocycles. The van der Waals surface area contributed by atoms with Gasteiger partial charge in [0.05, 0.1) is 5.92 Å². The van der Waals surface area contributed by atoms with Crippen LogP contribution in [0.3, 0.4) is 0 Å². The Morgan fingerprint density at radius 1 is 1.56 bits per heavy atom. The summed E-state index contributed by atoms with van der Waals surface area (Å²) < 4.78 is 13.4. The number of fused-ring (bicyclic) bond motifs is 1. The molecule has 0 amide bonds. The van der Waals surface area contributed by atoms with Gasteiger partial charge in [-0.15, -0.1) is 0 Å². The van der Waals surface area contributed by atoms with E-state index in [9.17, 15) is 14.3 Å². The first-order valence-electron chi connectivity index (χ1n) is 5.20. The molecule has 1 aromatic rings. The first-order chi connectivity index (χ1) is 7.47. The fourth-order valence-corrected chi connectivity index (χ4v) is 2.32. The Kier molecular flexibility index (Phi) is 2.46. The number of benzene rings is 1. The molecule has 4 heteroatoms. The van der Waals surface area contributed by atoms with Gasteiger partial charge < -0.3 is 10.2 Å². The molecule has 0 saturated carbocycles. The topological polar surface area (TPSA) is 57.5 Å². The first kappa shape index (κ1) is 11.1. The summed E-state index contributed by atoms with van der Waals surface area (Å²) in [4.78, 5) is 10.9. The maximum absolute atomic E-state index is 13.4. The average molecular weight is 224 g/mol. The van der Waals surface area contributed by atoms with Gasteiger partial charge in [-0.1, -0.05) is 12.1 Å². The van der Waals surface area contributed by atoms with Gasteiger partial charge >= 0.3 is 5.97 Å². The van der Waals surface area contributed by atoms with Crippen LogP contribution in [0.15, 0.2) is 18.2 Å². The van der Waals surface area contributed by atoms with Gasteiger partial charge in [-0.05, 0) is 37.0 Å². The first-order valence-corrected chi connectivity index (χ1v) is 5.20. The van der Waals surface area contributed by atoms with Crippen LogP contribution in [0.4, 0.5) is 4.39 Å². The summed E-state index contributed by atoms with van der Waals surface area (Å²) >= 11 is 0. The normalized spacial score (nSPS) is 25.2. The van der Waals surface area contributed by atoms with Gasteiger partial charge in [0.1, 0.15) is 11.4 Å². The second kappa shape index (κ2) is 3.56. The summed E-state index contributed by atoms with van der Waals surface area (Å²) in [5, 5.41) is 19.3. The number of hydrogen-bond donors (Lipinski definition) is 2. The minimum atomic E-state index is -1.44. The van der Waals surface area contributed by atoms with Crippen LogP contribution in [0.2, 0.25) is 0 Å². The number of carboxylic acids is 1. The van der Waals surface area contributed by atoms with Crippen molar-refractivity contribution < 1.29 is 19.4 Å². The van der Waals surface area contributed by atoms with Crippen molar-refractivity contribution in [2.45, 2.75) is 25.4 Å². The molecule has 1 aromatic carbocycles. The van der Waals surface area contributed by atoms with Crippen LogP contribution >= 0.6 is 0 Å². The van der Waals surface area contributed by atoms with Crippen LogP contribution < -0.4 is 0 Å². The van der Waals surface area contributed by atoms with E-state index in [2.05, 4.69) is 0 Å². The molecule has 0 spiro atoms. The lowest BCUT2D eigenvalue weighted by atomic mass is 9.83. The number of halogens is 1. The molecular weight excluding hydrogens is 211 g/mol. The van der Waals surface area contributed by atoms with Crippen molar-refractivity contribution in [3.63, 3.8) is 0 Å². The maximum Gasteiger partial charge on any atom is 0.309 e. The molecular formula is C12H13FO3. The summed E-state index contributed by atoms with van der Waals surface area (Å²) in [6, 6.07) is 4.43. The number of aliphatic hydroxyl groups is 1. The Morgan fingerprint density at radius 3 is 2.88 bits per heavy atom. The maximum atomic E-state index is 13.4. The van der Waals surface area contributed by atoms with Crippen LogP contribution in [-0.2, 0) is 16.8 Å². The third kappa shape index (κ3) is 1.41. The summed E-state index contributed by atoms with van der Waals surface area (Å²) in [5.74, 6) is -2.37. The SMILES string of the molecule is CC(C(=O)O)C1(O)CCc2c(F)cccc21. The largest absolute Gasteiger partial charge is 0.481 e. The second-order valence-corrected chi connectivity index (χ2v) is 4.25. The van der Waals surface area contributed by atoms with Crippen molar-refractivity contribution in [3.05, 3.63) is 35.1 Å². The summed E-state index contributed by atoms with van der Waals surface area (Å²) in [5.41, 5.74) is -0.580. The molecule has 0 heterocycles. The van der Waals surface area contributed by atoms with E-state index in [-0.39, 0.29) is 12.2 Å². The highest BCUT2D eigenvalue weighted by Crippen LogP contribution is 2.43. The van der Waals surface area contributed by atoms with Gasteiger partial charge in [-0.2, -0.15) is 0 Å². The smallest absolute Gasteiger partial charge is 0.309 e. The van der Waals surface area contributed by atoms with E-state index in [4.69, 9.17) is 5.11 Å². The molecule has 86 valence electrons. The van der Waals surface area contributed by atoms with Gasteiger partial charge in [0.15, 0.2) is 0 Å². The highest BCUT2D eigenvalue weighted by Gasteiger charge is 2.45. The van der Waals surface area contributed by atoms with Gasteiger partial charge in [0, 0.05) is 0 Å². The van der Waals surface area contributed by atoms with Crippen molar-refractivity contribution in [1.82, 2.24) is 0 Å². The Morgan fingerprint density at radius 2 is 2.25 bits per heavy atom. The molecule has 0 bridgehead atoms. The van der Waals surface area contributed by atoms with E-state index in [0.29, 0.717) is 17.5 Å². The molecule has 2 atom stereocenters. The third-order valence-electron chi connectivity index (χ3n) is 3.43. The molecule has 0 radical (unpaired) electrons. The van der Waals surface area contributed by atoms with Crippen molar-refractivity contribution >= 4 is 5.97 Å². The molecule has 0 aliphatic heterocycles. The minimum Gasteiger partial charge on any atom is -0.481 e. The minimum absolute atomic E-state index is 0.261. The van der Waals surface area contributed by atoms with E-state index in [1.807, 2.05) is 0 Å². The van der Waals surface area contributed by atoms with Crippen LogP contribution in [0.25, 0.3) is 0 Å². The number of rotatable bonds is 2. The van der Waals surface area contributed by atoms with Crippen molar-refractivity contribution in [3.8, 4) is 0 Å². The lowest BCUT2D eigenvalue weighted by Crippen LogP contribution is -2.36. The second-order valence-electron chi connectivity index (χ2n) is 4.25. The van der Waals surface area contributed by atoms with E-state index in [0.717, 1.165) is 0 Å². The standard InChI is InChI=1S/C12H13FO3/c1-7(11(14)15)12(16)6-5-8-9(12)3-2-4-10(8)13/h2-4,7,16H,5-6H2,1H3,(H,14,15). The van der Waals surface area contributed by atoms with Crippen molar-refractivity contribution in [2.75, 3.05) is 0 Å². The molecule has 16 heavy (non-hydrogen) atoms. The van der Waals surface area contributed by atoms with Crippen molar-refractivity contribution in [1.29, 1.82) is 0 Å². The molecule has 1 aliphatic rings. The predicted octanol–water partition coefficient (Wildman–Crippen LogP) is 1.68. The number of carboxylic acid groups (broad SMARTS) is 1. The fourth-order valence-electron chi connectivity index (χ4n) is 2.32. The molecule has 0 fully saturated rings. The molecule has 1 aliphatic carbocycles. The Balaban J connectivity index is 2.50. The lowest BCUT2D eigenvalue weighted by molar-refractivity contribution is -0.151. The fraction of sp³-hybridized carbons (Fsp3) is 0.417. The van der Waals surface area contributed by atoms with Crippen LogP contribution in [0.5, 0.6) is 0 Å². The average Bonchev–Trinajstić information content (AvgIpc) is 2.58. The lowest BCUT2D eigenvalue weighted by Gasteiger charge is -2.28. The van der Waals surface area contributed by atoms with Crippen LogP contribution in [0.1, 0.15) is 24.5 Å². The Bertz CT molecular complexity index is 444. The molecule has 2 rings (SSSR count). The zero-order valence-corrected chi connectivity index (χ0v) is 8.90. The van der Waals surface area contributed by atoms with Crippen molar-refractivity contribution in [2.24, 2.45) is 5.92 Å². The van der Waals surface area contributed by atoms with Gasteiger partial charge in [0.2, 0.25) is 0 Å². The highest BCUT2D eigenvalue weighted by molar-refractivity contribution is 5.72. The summed E-state index contributed by atoms with van der Waals surface area (Å²) in [6.07, 6.45) is 0.646. The Labute approximate surface area is 92.5 Å². The predicted molar refractivity (Wildman–Crippen MR) is 55.4 cm³/mol. The third-order valence-corrected chi connectivity index (χ3v) is 3.43. The quantitative estimate of drug-likeness (QED) is 0.803. The number of carbonyl (C=O) groups is 1. The molecule has 2 N–H and O–H groups in total. The van der Waals surface area contributed by atoms with E-state index < -0.39 is 17.5 Å². The molecule has 0 saturated heterocycles. The van der Waals surface area contributed by atoms with Crippen LogP contribution in [0, 0.1) is 11.7 Å². The number of hydrogen-bond acceptors (Lipinski definition) is 2. The van der Waals surface area contributed by atoms with E-state index in [1.165, 1.54) is 19.1 Å². The van der Waals surface area contributed by atoms with E-state index >= 15 is 0 Å². The number of aliphatic carboxylic acids is 1. The van der Waals surface area contributed by atoms with E-state index in [1.54, 1.807) is 6.07 Å². The van der Waals surface area contributed by atoms with Gasteiger partial charge in [0.25, 0.3) is 0 Å². The zero-order valence-electron chi connectivity index (χ0n) is 8.90. The Hall–Kier alpha value is -1.42. The van der Waals surface area contributed by atoms with Gasteiger partial charge in [-0.3, -0.25) is 4.79 Å². The highest BCUT2D eigenvalue weighted by atomic mass is 19.1. The monoisotopic (exact) mass is 224 g/mol. The summed E-state index contributed by atoms with van der Waals surface area (Å²) in [7, 11) is 0. The molecule has 3 nitrogen and oxygen atoms in total. The van der Waals surface area contributed by atoms with Crippen LogP contribution in [-0.4, -0.2) is 16.2 Å². The zero-order chi connectivity index (χ0) is 11.9. The van der Waals surface area contributed by atoms with Gasteiger partial charge in [-0.25, -0.2) is 4.39 Å².